The van der Waals surface area contributed by atoms with Crippen LogP contribution in [0.4, 0.5) is 5.69 Å². The Morgan fingerprint density at radius 3 is 2.63 bits per heavy atom. The summed E-state index contributed by atoms with van der Waals surface area (Å²) in [6, 6.07) is 11.5. The summed E-state index contributed by atoms with van der Waals surface area (Å²) < 4.78 is 11.1. The maximum Gasteiger partial charge on any atom is 0.269 e. The molecule has 0 saturated heterocycles. The van der Waals surface area contributed by atoms with Crippen molar-refractivity contribution in [1.29, 1.82) is 0 Å². The summed E-state index contributed by atoms with van der Waals surface area (Å²) in [7, 11) is 1.56. The van der Waals surface area contributed by atoms with Gasteiger partial charge in [-0.3, -0.25) is 9.78 Å². The van der Waals surface area contributed by atoms with Gasteiger partial charge in [0, 0.05) is 34.1 Å². The number of aryl methyl sites for hydroxylation is 1. The topological polar surface area (TPSA) is 71.9 Å². The summed E-state index contributed by atoms with van der Waals surface area (Å²) >= 11 is 1.50. The summed E-state index contributed by atoms with van der Waals surface area (Å²) in [5.41, 5.74) is 2.80. The molecular weight excluding hydrogens is 400 g/mol. The number of carbonyl (C=O) groups excluding carboxylic acids is 1. The number of carbonyl (C=O) groups is 1. The molecule has 3 aromatic rings. The van der Waals surface area contributed by atoms with Crippen LogP contribution in [0.1, 0.15) is 34.8 Å². The summed E-state index contributed by atoms with van der Waals surface area (Å²) in [5.74, 6) is 1.03. The molecule has 0 radical (unpaired) electrons. The van der Waals surface area contributed by atoms with Gasteiger partial charge in [0.05, 0.1) is 24.1 Å². The van der Waals surface area contributed by atoms with Gasteiger partial charge in [-0.05, 0) is 50.6 Å². The first kappa shape index (κ1) is 20.4. The predicted molar refractivity (Wildman–Crippen MR) is 118 cm³/mol. The van der Waals surface area contributed by atoms with E-state index >= 15 is 0 Å². The van der Waals surface area contributed by atoms with E-state index < -0.39 is 5.60 Å². The lowest BCUT2D eigenvalue weighted by atomic mass is 10.1. The maximum absolute atomic E-state index is 13.1. The third-order valence-electron chi connectivity index (χ3n) is 4.81. The SMILES string of the molecule is COc1cc(N2Cc3cc(-c4ccc(C)nc4)sc3C2=O)ccc1OCC(C)(C)O. The van der Waals surface area contributed by atoms with Gasteiger partial charge in [0.15, 0.2) is 11.5 Å². The highest BCUT2D eigenvalue weighted by Crippen LogP contribution is 2.40. The van der Waals surface area contributed by atoms with Crippen molar-refractivity contribution in [2.75, 3.05) is 18.6 Å². The zero-order valence-electron chi connectivity index (χ0n) is 17.4. The molecule has 7 heteroatoms. The number of hydrogen-bond donors (Lipinski definition) is 1. The second kappa shape index (κ2) is 7.74. The minimum atomic E-state index is -0.951. The number of anilines is 1. The van der Waals surface area contributed by atoms with E-state index in [1.807, 2.05) is 31.3 Å². The van der Waals surface area contributed by atoms with Gasteiger partial charge in [0.2, 0.25) is 0 Å². The van der Waals surface area contributed by atoms with E-state index in [0.717, 1.165) is 32.3 Å². The number of rotatable bonds is 6. The average Bonchev–Trinajstić information content (AvgIpc) is 3.26. The molecule has 156 valence electrons. The Kier molecular flexibility index (Phi) is 5.26. The van der Waals surface area contributed by atoms with Crippen LogP contribution in [0.15, 0.2) is 42.6 Å². The smallest absolute Gasteiger partial charge is 0.269 e. The molecule has 3 heterocycles. The van der Waals surface area contributed by atoms with Crippen molar-refractivity contribution in [3.8, 4) is 21.9 Å². The minimum Gasteiger partial charge on any atom is -0.493 e. The van der Waals surface area contributed by atoms with E-state index in [0.29, 0.717) is 18.0 Å². The molecule has 0 aliphatic carbocycles. The summed E-state index contributed by atoms with van der Waals surface area (Å²) in [6.07, 6.45) is 1.84. The number of fused-ring (bicyclic) bond motifs is 1. The standard InChI is InChI=1S/C23H24N2O4S/c1-14-5-6-15(11-24-14)20-9-16-12-25(22(26)21(16)30-20)17-7-8-18(19(10-17)28-4)29-13-23(2,3)27/h5-11,27H,12-13H2,1-4H3. The average molecular weight is 425 g/mol. The molecule has 1 N–H and O–H groups in total. The van der Waals surface area contributed by atoms with Crippen LogP contribution in [-0.4, -0.2) is 35.3 Å². The van der Waals surface area contributed by atoms with E-state index in [1.54, 1.807) is 38.0 Å². The fraction of sp³-hybridized carbons (Fsp3) is 0.304. The number of amides is 1. The number of pyridine rings is 1. The van der Waals surface area contributed by atoms with E-state index in [9.17, 15) is 9.90 Å². The molecule has 0 atom stereocenters. The number of nitrogens with zero attached hydrogens (tertiary/aromatic N) is 2. The molecule has 1 aromatic carbocycles. The number of aromatic nitrogens is 1. The summed E-state index contributed by atoms with van der Waals surface area (Å²) in [5, 5.41) is 9.88. The molecule has 1 amide bonds. The number of thiophene rings is 1. The van der Waals surface area contributed by atoms with E-state index in [2.05, 4.69) is 11.1 Å². The molecule has 0 unspecified atom stereocenters. The largest absolute Gasteiger partial charge is 0.493 e. The van der Waals surface area contributed by atoms with Gasteiger partial charge >= 0.3 is 0 Å². The molecule has 0 fully saturated rings. The Balaban J connectivity index is 1.55. The fourth-order valence-electron chi connectivity index (χ4n) is 3.25. The summed E-state index contributed by atoms with van der Waals surface area (Å²) in [6.45, 7) is 5.96. The van der Waals surface area contributed by atoms with Gasteiger partial charge in [-0.15, -0.1) is 11.3 Å². The number of methoxy groups -OCH3 is 1. The van der Waals surface area contributed by atoms with Crippen molar-refractivity contribution >= 4 is 22.9 Å². The van der Waals surface area contributed by atoms with E-state index in [4.69, 9.17) is 9.47 Å². The second-order valence-electron chi connectivity index (χ2n) is 7.98. The first-order valence-electron chi connectivity index (χ1n) is 9.66. The van der Waals surface area contributed by atoms with Crippen molar-refractivity contribution in [3.63, 3.8) is 0 Å². The molecule has 1 aliphatic rings. The highest BCUT2D eigenvalue weighted by Gasteiger charge is 2.32. The van der Waals surface area contributed by atoms with Crippen molar-refractivity contribution in [2.45, 2.75) is 32.9 Å². The molecule has 6 nitrogen and oxygen atoms in total. The Hall–Kier alpha value is -2.90. The zero-order valence-corrected chi connectivity index (χ0v) is 18.2. The first-order valence-corrected chi connectivity index (χ1v) is 10.5. The normalized spacial score (nSPS) is 13.5. The lowest BCUT2D eigenvalue weighted by Gasteiger charge is -2.21. The van der Waals surface area contributed by atoms with Crippen molar-refractivity contribution in [1.82, 2.24) is 4.98 Å². The van der Waals surface area contributed by atoms with Crippen molar-refractivity contribution in [3.05, 3.63) is 58.7 Å². The van der Waals surface area contributed by atoms with Gasteiger partial charge in [0.1, 0.15) is 6.61 Å². The van der Waals surface area contributed by atoms with Crippen LogP contribution in [0.5, 0.6) is 11.5 Å². The van der Waals surface area contributed by atoms with Crippen LogP contribution in [0, 0.1) is 6.92 Å². The summed E-state index contributed by atoms with van der Waals surface area (Å²) in [4.78, 5) is 20.9. The van der Waals surface area contributed by atoms with Crippen molar-refractivity contribution in [2.24, 2.45) is 0 Å². The molecule has 2 aromatic heterocycles. The quantitative estimate of drug-likeness (QED) is 0.634. The van der Waals surface area contributed by atoms with Crippen LogP contribution >= 0.6 is 11.3 Å². The van der Waals surface area contributed by atoms with E-state index in [-0.39, 0.29) is 12.5 Å². The van der Waals surface area contributed by atoms with Gasteiger partial charge in [-0.2, -0.15) is 0 Å². The number of hydrogen-bond acceptors (Lipinski definition) is 6. The lowest BCUT2D eigenvalue weighted by molar-refractivity contribution is 0.0276. The van der Waals surface area contributed by atoms with E-state index in [1.165, 1.54) is 11.3 Å². The highest BCUT2D eigenvalue weighted by molar-refractivity contribution is 7.17. The molecule has 0 bridgehead atoms. The van der Waals surface area contributed by atoms with Crippen LogP contribution in [0.25, 0.3) is 10.4 Å². The van der Waals surface area contributed by atoms with Crippen LogP contribution in [0.2, 0.25) is 0 Å². The van der Waals surface area contributed by atoms with Crippen LogP contribution in [0.3, 0.4) is 0 Å². The maximum atomic E-state index is 13.1. The van der Waals surface area contributed by atoms with Gasteiger partial charge in [-0.25, -0.2) is 0 Å². The number of aliphatic hydroxyl groups is 1. The van der Waals surface area contributed by atoms with Crippen LogP contribution in [-0.2, 0) is 6.54 Å². The molecule has 30 heavy (non-hydrogen) atoms. The Labute approximate surface area is 179 Å². The predicted octanol–water partition coefficient (Wildman–Crippen LogP) is 4.44. The lowest BCUT2D eigenvalue weighted by Crippen LogP contribution is -2.28. The molecule has 0 saturated carbocycles. The third kappa shape index (κ3) is 4.04. The molecule has 1 aliphatic heterocycles. The monoisotopic (exact) mass is 424 g/mol. The van der Waals surface area contributed by atoms with Gasteiger partial charge < -0.3 is 19.5 Å². The Morgan fingerprint density at radius 2 is 2.00 bits per heavy atom. The first-order chi connectivity index (χ1) is 14.2. The number of benzene rings is 1. The zero-order chi connectivity index (χ0) is 21.5. The Bertz CT molecular complexity index is 1080. The van der Waals surface area contributed by atoms with Crippen molar-refractivity contribution < 1.29 is 19.4 Å². The van der Waals surface area contributed by atoms with Gasteiger partial charge in [0.25, 0.3) is 5.91 Å². The third-order valence-corrected chi connectivity index (χ3v) is 6.03. The molecule has 4 rings (SSSR count). The number of ether oxygens (including phenoxy) is 2. The fourth-order valence-corrected chi connectivity index (χ4v) is 4.37. The van der Waals surface area contributed by atoms with Crippen LogP contribution < -0.4 is 14.4 Å². The Morgan fingerprint density at radius 1 is 1.20 bits per heavy atom. The highest BCUT2D eigenvalue weighted by atomic mass is 32.1. The molecule has 0 spiro atoms. The van der Waals surface area contributed by atoms with Gasteiger partial charge in [-0.1, -0.05) is 6.07 Å². The molecular formula is C23H24N2O4S. The minimum absolute atomic E-state index is 0.0199. The second-order valence-corrected chi connectivity index (χ2v) is 9.03.